The maximum Gasteiger partial charge on any atom is 0.340 e. The lowest BCUT2D eigenvalue weighted by Gasteiger charge is -2.21. The van der Waals surface area contributed by atoms with Gasteiger partial charge in [0, 0.05) is 16.7 Å². The number of carbonyl (C=O) groups is 1. The highest BCUT2D eigenvalue weighted by Gasteiger charge is 2.28. The fourth-order valence-electron chi connectivity index (χ4n) is 4.03. The molecule has 6 heteroatoms. The lowest BCUT2D eigenvalue weighted by molar-refractivity contribution is 0.0602. The number of nitrogens with zero attached hydrogens (tertiary/aromatic N) is 1. The fourth-order valence-corrected chi connectivity index (χ4v) is 4.03. The van der Waals surface area contributed by atoms with E-state index in [1.807, 2.05) is 6.92 Å². The summed E-state index contributed by atoms with van der Waals surface area (Å²) >= 11 is 0. The molecule has 1 heterocycles. The highest BCUT2D eigenvalue weighted by atomic mass is 19.1. The van der Waals surface area contributed by atoms with Crippen LogP contribution in [0.4, 0.5) is 8.78 Å². The van der Waals surface area contributed by atoms with Gasteiger partial charge in [-0.3, -0.25) is 0 Å². The van der Waals surface area contributed by atoms with E-state index in [9.17, 15) is 13.6 Å². The number of carbonyl (C=O) groups excluding carboxylic acids is 1. The molecule has 3 aromatic rings. The largest absolute Gasteiger partial charge is 0.474 e. The van der Waals surface area contributed by atoms with Gasteiger partial charge in [0.25, 0.3) is 0 Å². The molecule has 0 spiro atoms. The molecule has 1 aromatic heterocycles. The van der Waals surface area contributed by atoms with Crippen molar-refractivity contribution in [1.29, 1.82) is 0 Å². The van der Waals surface area contributed by atoms with E-state index >= 15 is 0 Å². The number of ether oxygens (including phenoxy) is 2. The molecule has 1 fully saturated rings. The molecule has 2 aromatic carbocycles. The average Bonchev–Trinajstić information content (AvgIpc) is 3.29. The van der Waals surface area contributed by atoms with Crippen LogP contribution in [0.2, 0.25) is 0 Å². The Balaban J connectivity index is 1.99. The maximum absolute atomic E-state index is 13.6. The number of rotatable bonds is 5. The molecule has 0 bridgehead atoms. The van der Waals surface area contributed by atoms with E-state index < -0.39 is 11.8 Å². The van der Waals surface area contributed by atoms with Gasteiger partial charge in [0.1, 0.15) is 17.7 Å². The summed E-state index contributed by atoms with van der Waals surface area (Å²) in [5.74, 6) is -0.937. The van der Waals surface area contributed by atoms with Crippen LogP contribution in [0.1, 0.15) is 41.6 Å². The molecular weight excluding hydrogens is 400 g/mol. The zero-order chi connectivity index (χ0) is 22.0. The maximum atomic E-state index is 13.6. The number of benzene rings is 2. The van der Waals surface area contributed by atoms with Crippen LogP contribution in [0.15, 0.2) is 48.5 Å². The summed E-state index contributed by atoms with van der Waals surface area (Å²) in [6.07, 6.45) is 4.13. The van der Waals surface area contributed by atoms with Crippen molar-refractivity contribution in [2.45, 2.75) is 38.7 Å². The molecule has 31 heavy (non-hydrogen) atoms. The lowest BCUT2D eigenvalue weighted by Crippen LogP contribution is -2.16. The van der Waals surface area contributed by atoms with Gasteiger partial charge >= 0.3 is 5.97 Å². The Morgan fingerprint density at radius 2 is 1.48 bits per heavy atom. The van der Waals surface area contributed by atoms with Crippen molar-refractivity contribution in [3.8, 4) is 28.3 Å². The van der Waals surface area contributed by atoms with Gasteiger partial charge in [-0.2, -0.15) is 0 Å². The second-order valence-corrected chi connectivity index (χ2v) is 7.67. The summed E-state index contributed by atoms with van der Waals surface area (Å²) < 4.78 is 38.5. The minimum absolute atomic E-state index is 0.0531. The van der Waals surface area contributed by atoms with E-state index in [1.165, 1.54) is 31.4 Å². The molecule has 4 rings (SSSR count). The molecule has 1 aliphatic rings. The van der Waals surface area contributed by atoms with Crippen molar-refractivity contribution >= 4 is 5.97 Å². The molecule has 160 valence electrons. The smallest absolute Gasteiger partial charge is 0.340 e. The van der Waals surface area contributed by atoms with Crippen molar-refractivity contribution in [2.75, 3.05) is 7.11 Å². The van der Waals surface area contributed by atoms with Crippen LogP contribution < -0.4 is 4.74 Å². The van der Waals surface area contributed by atoms with E-state index in [2.05, 4.69) is 4.98 Å². The molecule has 0 N–H and O–H groups in total. The Morgan fingerprint density at radius 3 is 2.03 bits per heavy atom. The zero-order valence-corrected chi connectivity index (χ0v) is 17.5. The van der Waals surface area contributed by atoms with Crippen molar-refractivity contribution in [1.82, 2.24) is 4.98 Å². The molecule has 0 amide bonds. The predicted octanol–water partition coefficient (Wildman–Crippen LogP) is 6.11. The standard InChI is InChI=1S/C25H23F2NO3/c1-15-21(16-7-11-18(26)12-8-16)22(25(29)30-2)23(17-9-13-19(27)14-10-17)28-24(15)31-20-5-3-4-6-20/h7-14,20H,3-6H2,1-2H3. The lowest BCUT2D eigenvalue weighted by atomic mass is 9.92. The summed E-state index contributed by atoms with van der Waals surface area (Å²) in [4.78, 5) is 17.6. The third-order valence-electron chi connectivity index (χ3n) is 5.62. The third-order valence-corrected chi connectivity index (χ3v) is 5.62. The van der Waals surface area contributed by atoms with Crippen LogP contribution in [0.3, 0.4) is 0 Å². The zero-order valence-electron chi connectivity index (χ0n) is 17.5. The van der Waals surface area contributed by atoms with Crippen molar-refractivity contribution in [2.24, 2.45) is 0 Å². The van der Waals surface area contributed by atoms with E-state index in [-0.39, 0.29) is 17.5 Å². The average molecular weight is 423 g/mol. The summed E-state index contributed by atoms with van der Waals surface area (Å²) in [7, 11) is 1.30. The van der Waals surface area contributed by atoms with Crippen LogP contribution in [0, 0.1) is 18.6 Å². The molecule has 1 saturated carbocycles. The first-order chi connectivity index (χ1) is 15.0. The highest BCUT2D eigenvalue weighted by molar-refractivity contribution is 6.04. The second kappa shape index (κ2) is 8.84. The van der Waals surface area contributed by atoms with Gasteiger partial charge < -0.3 is 9.47 Å². The van der Waals surface area contributed by atoms with Crippen LogP contribution in [0.5, 0.6) is 5.88 Å². The predicted molar refractivity (Wildman–Crippen MR) is 114 cm³/mol. The van der Waals surface area contributed by atoms with E-state index in [0.29, 0.717) is 33.8 Å². The second-order valence-electron chi connectivity index (χ2n) is 7.67. The Bertz CT molecular complexity index is 1090. The quantitative estimate of drug-likeness (QED) is 0.465. The van der Waals surface area contributed by atoms with Gasteiger partial charge in [-0.1, -0.05) is 12.1 Å². The number of aromatic nitrogens is 1. The monoisotopic (exact) mass is 423 g/mol. The fraction of sp³-hybridized carbons (Fsp3) is 0.280. The van der Waals surface area contributed by atoms with Gasteiger partial charge in [-0.25, -0.2) is 18.6 Å². The van der Waals surface area contributed by atoms with Crippen LogP contribution in [-0.4, -0.2) is 24.2 Å². The number of hydrogen-bond donors (Lipinski definition) is 0. The van der Waals surface area contributed by atoms with E-state index in [0.717, 1.165) is 25.7 Å². The molecule has 0 unspecified atom stereocenters. The van der Waals surface area contributed by atoms with Crippen molar-refractivity contribution in [3.05, 3.63) is 71.3 Å². The molecule has 0 atom stereocenters. The van der Waals surface area contributed by atoms with E-state index in [4.69, 9.17) is 9.47 Å². The molecule has 4 nitrogen and oxygen atoms in total. The third kappa shape index (κ3) is 4.29. The minimum atomic E-state index is -0.582. The first-order valence-corrected chi connectivity index (χ1v) is 10.3. The van der Waals surface area contributed by atoms with E-state index in [1.54, 1.807) is 24.3 Å². The molecule has 0 saturated heterocycles. The molecule has 0 aliphatic heterocycles. The first kappa shape index (κ1) is 21.0. The Kier molecular flexibility index (Phi) is 5.98. The molecule has 1 aliphatic carbocycles. The number of pyridine rings is 1. The summed E-state index contributed by atoms with van der Waals surface area (Å²) in [5.41, 5.74) is 3.00. The van der Waals surface area contributed by atoms with Gasteiger partial charge in [-0.15, -0.1) is 0 Å². The van der Waals surface area contributed by atoms with Gasteiger partial charge in [0.2, 0.25) is 5.88 Å². The molecule has 0 radical (unpaired) electrons. The van der Waals surface area contributed by atoms with Crippen LogP contribution in [-0.2, 0) is 4.74 Å². The van der Waals surface area contributed by atoms with Crippen molar-refractivity contribution in [3.63, 3.8) is 0 Å². The number of hydrogen-bond acceptors (Lipinski definition) is 4. The van der Waals surface area contributed by atoms with Crippen molar-refractivity contribution < 1.29 is 23.0 Å². The van der Waals surface area contributed by atoms with Gasteiger partial charge in [-0.05, 0) is 74.6 Å². The SMILES string of the molecule is COC(=O)c1c(-c2ccc(F)cc2)nc(OC2CCCC2)c(C)c1-c1ccc(F)cc1. The van der Waals surface area contributed by atoms with Crippen LogP contribution >= 0.6 is 0 Å². The number of methoxy groups -OCH3 is 1. The normalized spacial score (nSPS) is 13.9. The molecular formula is C25H23F2NO3. The van der Waals surface area contributed by atoms with Gasteiger partial charge in [0.05, 0.1) is 18.4 Å². The Labute approximate surface area is 179 Å². The minimum Gasteiger partial charge on any atom is -0.474 e. The Hall–Kier alpha value is -3.28. The topological polar surface area (TPSA) is 48.4 Å². The van der Waals surface area contributed by atoms with Crippen LogP contribution in [0.25, 0.3) is 22.4 Å². The number of halogens is 2. The summed E-state index contributed by atoms with van der Waals surface area (Å²) in [6, 6.07) is 11.6. The Morgan fingerprint density at radius 1 is 0.935 bits per heavy atom. The highest BCUT2D eigenvalue weighted by Crippen LogP contribution is 2.39. The van der Waals surface area contributed by atoms with Gasteiger partial charge in [0.15, 0.2) is 0 Å². The first-order valence-electron chi connectivity index (χ1n) is 10.3. The number of esters is 1. The summed E-state index contributed by atoms with van der Waals surface area (Å²) in [6.45, 7) is 1.83. The summed E-state index contributed by atoms with van der Waals surface area (Å²) in [5, 5.41) is 0.